The molecule has 0 radical (unpaired) electrons. The molecule has 1 aromatic rings. The van der Waals surface area contributed by atoms with Crippen molar-refractivity contribution < 1.29 is 4.79 Å². The summed E-state index contributed by atoms with van der Waals surface area (Å²) in [7, 11) is 2.07. The van der Waals surface area contributed by atoms with Crippen LogP contribution in [0.4, 0.5) is 16.2 Å². The number of hydrogen-bond donors (Lipinski definition) is 2. The van der Waals surface area contributed by atoms with Crippen molar-refractivity contribution in [3.8, 4) is 0 Å². The van der Waals surface area contributed by atoms with Gasteiger partial charge in [-0.2, -0.15) is 0 Å². The minimum Gasteiger partial charge on any atom is -0.399 e. The van der Waals surface area contributed by atoms with Crippen LogP contribution in [0.25, 0.3) is 0 Å². The molecule has 0 atom stereocenters. The van der Waals surface area contributed by atoms with Crippen LogP contribution in [0.3, 0.4) is 0 Å². The van der Waals surface area contributed by atoms with Gasteiger partial charge in [-0.15, -0.1) is 0 Å². The summed E-state index contributed by atoms with van der Waals surface area (Å²) in [6.45, 7) is 7.29. The number of rotatable bonds is 1. The zero-order valence-electron chi connectivity index (χ0n) is 11.9. The first-order chi connectivity index (χ1) is 8.97. The molecule has 1 aliphatic rings. The first-order valence-electron chi connectivity index (χ1n) is 6.58. The van der Waals surface area contributed by atoms with Gasteiger partial charge in [0.15, 0.2) is 0 Å². The second kappa shape index (κ2) is 5.48. The van der Waals surface area contributed by atoms with Crippen LogP contribution in [-0.4, -0.2) is 49.1 Å². The van der Waals surface area contributed by atoms with E-state index in [0.29, 0.717) is 0 Å². The summed E-state index contributed by atoms with van der Waals surface area (Å²) in [6, 6.07) is 3.80. The van der Waals surface area contributed by atoms with Crippen LogP contribution in [0.2, 0.25) is 0 Å². The normalized spacial score (nSPS) is 16.5. The summed E-state index contributed by atoms with van der Waals surface area (Å²) in [4.78, 5) is 16.3. The Morgan fingerprint density at radius 2 is 1.79 bits per heavy atom. The molecule has 5 heteroatoms. The molecule has 0 spiro atoms. The fourth-order valence-electron chi connectivity index (χ4n) is 2.18. The highest BCUT2D eigenvalue weighted by atomic mass is 16.2. The molecule has 0 aliphatic carbocycles. The van der Waals surface area contributed by atoms with Gasteiger partial charge in [-0.3, -0.25) is 0 Å². The third-order valence-corrected chi connectivity index (χ3v) is 3.65. The third-order valence-electron chi connectivity index (χ3n) is 3.65. The zero-order valence-corrected chi connectivity index (χ0v) is 11.9. The van der Waals surface area contributed by atoms with Gasteiger partial charge >= 0.3 is 6.03 Å². The van der Waals surface area contributed by atoms with Gasteiger partial charge in [0.25, 0.3) is 0 Å². The number of hydrogen-bond acceptors (Lipinski definition) is 3. The van der Waals surface area contributed by atoms with Gasteiger partial charge in [0.2, 0.25) is 0 Å². The average molecular weight is 262 g/mol. The molecular weight excluding hydrogens is 240 g/mol. The van der Waals surface area contributed by atoms with E-state index >= 15 is 0 Å². The number of nitrogens with one attached hydrogen (secondary N) is 1. The van der Waals surface area contributed by atoms with Crippen LogP contribution in [0.5, 0.6) is 0 Å². The number of benzene rings is 1. The van der Waals surface area contributed by atoms with E-state index in [1.54, 1.807) is 0 Å². The van der Waals surface area contributed by atoms with Gasteiger partial charge in [-0.1, -0.05) is 0 Å². The number of carbonyl (C=O) groups is 1. The predicted octanol–water partition coefficient (Wildman–Crippen LogP) is 1.66. The average Bonchev–Trinajstić information content (AvgIpc) is 2.36. The van der Waals surface area contributed by atoms with E-state index in [1.165, 1.54) is 0 Å². The molecule has 3 N–H and O–H groups in total. The summed E-state index contributed by atoms with van der Waals surface area (Å²) >= 11 is 0. The summed E-state index contributed by atoms with van der Waals surface area (Å²) < 4.78 is 0. The predicted molar refractivity (Wildman–Crippen MR) is 78.4 cm³/mol. The van der Waals surface area contributed by atoms with Crippen LogP contribution >= 0.6 is 0 Å². The lowest BCUT2D eigenvalue weighted by Crippen LogP contribution is -2.48. The molecule has 0 saturated carbocycles. The Kier molecular flexibility index (Phi) is 3.95. The Labute approximate surface area is 114 Å². The Bertz CT molecular complexity index is 479. The quantitative estimate of drug-likeness (QED) is 0.757. The minimum absolute atomic E-state index is 0.0274. The number of nitrogen functional groups attached to an aromatic ring is 1. The number of piperazine rings is 1. The van der Waals surface area contributed by atoms with E-state index in [1.807, 2.05) is 30.9 Å². The molecule has 1 heterocycles. The zero-order chi connectivity index (χ0) is 14.0. The lowest BCUT2D eigenvalue weighted by Gasteiger charge is -2.32. The third kappa shape index (κ3) is 3.17. The van der Waals surface area contributed by atoms with Crippen molar-refractivity contribution in [2.75, 3.05) is 44.3 Å². The van der Waals surface area contributed by atoms with Crippen LogP contribution in [0.1, 0.15) is 11.1 Å². The highest BCUT2D eigenvalue weighted by Gasteiger charge is 2.19. The van der Waals surface area contributed by atoms with Crippen molar-refractivity contribution in [3.63, 3.8) is 0 Å². The second-order valence-corrected chi connectivity index (χ2v) is 5.24. The molecule has 2 rings (SSSR count). The number of urea groups is 1. The van der Waals surface area contributed by atoms with Gasteiger partial charge in [0.05, 0.1) is 0 Å². The fourth-order valence-corrected chi connectivity index (χ4v) is 2.18. The standard InChI is InChI=1S/C14H22N4O/c1-10-9-13(11(2)8-12(10)15)16-14(19)18-6-4-17(3)5-7-18/h8-9H,4-7,15H2,1-3H3,(H,16,19). The molecule has 104 valence electrons. The highest BCUT2D eigenvalue weighted by molar-refractivity contribution is 5.90. The molecule has 1 saturated heterocycles. The van der Waals surface area contributed by atoms with Gasteiger partial charge in [0.1, 0.15) is 0 Å². The maximum Gasteiger partial charge on any atom is 0.321 e. The molecule has 0 unspecified atom stereocenters. The smallest absolute Gasteiger partial charge is 0.321 e. The van der Waals surface area contributed by atoms with Crippen molar-refractivity contribution >= 4 is 17.4 Å². The Morgan fingerprint density at radius 3 is 2.42 bits per heavy atom. The van der Waals surface area contributed by atoms with Crippen molar-refractivity contribution in [3.05, 3.63) is 23.3 Å². The minimum atomic E-state index is -0.0274. The largest absolute Gasteiger partial charge is 0.399 e. The number of aryl methyl sites for hydroxylation is 2. The molecule has 5 nitrogen and oxygen atoms in total. The monoisotopic (exact) mass is 262 g/mol. The first-order valence-corrected chi connectivity index (χ1v) is 6.58. The Morgan fingerprint density at radius 1 is 1.16 bits per heavy atom. The SMILES string of the molecule is Cc1cc(NC(=O)N2CCN(C)CC2)c(C)cc1N. The number of nitrogens with two attached hydrogens (primary N) is 1. The van der Waals surface area contributed by atoms with E-state index in [9.17, 15) is 4.79 Å². The summed E-state index contributed by atoms with van der Waals surface area (Å²) in [5.41, 5.74) is 9.43. The number of anilines is 2. The van der Waals surface area contributed by atoms with Crippen LogP contribution in [-0.2, 0) is 0 Å². The Hall–Kier alpha value is -1.75. The number of likely N-dealkylation sites (N-methyl/N-ethyl adjacent to an activating group) is 1. The van der Waals surface area contributed by atoms with E-state index in [-0.39, 0.29) is 6.03 Å². The van der Waals surface area contributed by atoms with Crippen LogP contribution < -0.4 is 11.1 Å². The van der Waals surface area contributed by atoms with Crippen molar-refractivity contribution in [1.29, 1.82) is 0 Å². The molecule has 1 aromatic carbocycles. The van der Waals surface area contributed by atoms with E-state index in [2.05, 4.69) is 17.3 Å². The maximum absolute atomic E-state index is 12.2. The fraction of sp³-hybridized carbons (Fsp3) is 0.500. The molecular formula is C14H22N4O. The summed E-state index contributed by atoms with van der Waals surface area (Å²) in [6.07, 6.45) is 0. The molecule has 1 fully saturated rings. The maximum atomic E-state index is 12.2. The van der Waals surface area contributed by atoms with Crippen molar-refractivity contribution in [2.45, 2.75) is 13.8 Å². The van der Waals surface area contributed by atoms with Crippen molar-refractivity contribution in [2.24, 2.45) is 0 Å². The molecule has 19 heavy (non-hydrogen) atoms. The van der Waals surface area contributed by atoms with E-state index in [0.717, 1.165) is 48.7 Å². The summed E-state index contributed by atoms with van der Waals surface area (Å²) in [5, 5.41) is 2.98. The summed E-state index contributed by atoms with van der Waals surface area (Å²) in [5.74, 6) is 0. The lowest BCUT2D eigenvalue weighted by atomic mass is 10.1. The van der Waals surface area contributed by atoms with Crippen LogP contribution in [0.15, 0.2) is 12.1 Å². The van der Waals surface area contributed by atoms with E-state index in [4.69, 9.17) is 5.73 Å². The molecule has 2 amide bonds. The van der Waals surface area contributed by atoms with Gasteiger partial charge in [-0.25, -0.2) is 4.79 Å². The van der Waals surface area contributed by atoms with Gasteiger partial charge in [-0.05, 0) is 44.2 Å². The highest BCUT2D eigenvalue weighted by Crippen LogP contribution is 2.22. The number of nitrogens with zero attached hydrogens (tertiary/aromatic N) is 2. The first kappa shape index (κ1) is 13.7. The lowest BCUT2D eigenvalue weighted by molar-refractivity contribution is 0.164. The Balaban J connectivity index is 2.05. The molecule has 0 aromatic heterocycles. The van der Waals surface area contributed by atoms with Gasteiger partial charge in [0, 0.05) is 37.6 Å². The second-order valence-electron chi connectivity index (χ2n) is 5.24. The number of amides is 2. The van der Waals surface area contributed by atoms with E-state index < -0.39 is 0 Å². The molecule has 0 bridgehead atoms. The topological polar surface area (TPSA) is 61.6 Å². The molecule has 1 aliphatic heterocycles. The number of carbonyl (C=O) groups excluding carboxylic acids is 1. The van der Waals surface area contributed by atoms with Crippen molar-refractivity contribution in [1.82, 2.24) is 9.80 Å². The van der Waals surface area contributed by atoms with Gasteiger partial charge < -0.3 is 20.9 Å². The van der Waals surface area contributed by atoms with Crippen LogP contribution in [0, 0.1) is 13.8 Å².